The van der Waals surface area contributed by atoms with Gasteiger partial charge in [-0.2, -0.15) is 0 Å². The van der Waals surface area contributed by atoms with Crippen LogP contribution in [-0.4, -0.2) is 53.2 Å². The molecule has 3 rings (SSSR count). The van der Waals surface area contributed by atoms with Gasteiger partial charge in [-0.15, -0.1) is 0 Å². The Morgan fingerprint density at radius 1 is 1.35 bits per heavy atom. The van der Waals surface area contributed by atoms with Gasteiger partial charge in [0.1, 0.15) is 5.75 Å². The van der Waals surface area contributed by atoms with Gasteiger partial charge >= 0.3 is 5.97 Å². The van der Waals surface area contributed by atoms with E-state index in [1.807, 2.05) is 36.1 Å². The van der Waals surface area contributed by atoms with Crippen LogP contribution in [0.15, 0.2) is 24.3 Å². The molecule has 1 aromatic rings. The second-order valence-electron chi connectivity index (χ2n) is 6.21. The average Bonchev–Trinajstić information content (AvgIpc) is 2.92. The largest absolute Gasteiger partial charge is 0.480 e. The first-order valence-corrected chi connectivity index (χ1v) is 8.07. The lowest BCUT2D eigenvalue weighted by Crippen LogP contribution is -2.56. The molecule has 0 aromatic heterocycles. The summed E-state index contributed by atoms with van der Waals surface area (Å²) in [5.74, 6) is -0.0971. The maximum Gasteiger partial charge on any atom is 0.317 e. The van der Waals surface area contributed by atoms with E-state index in [0.717, 1.165) is 24.2 Å². The van der Waals surface area contributed by atoms with Gasteiger partial charge in [0.05, 0.1) is 6.54 Å². The molecule has 6 nitrogen and oxygen atoms in total. The maximum absolute atomic E-state index is 12.3. The number of amides is 1. The van der Waals surface area contributed by atoms with Crippen molar-refractivity contribution < 1.29 is 19.4 Å². The third kappa shape index (κ3) is 3.47. The first-order chi connectivity index (χ1) is 11.1. The van der Waals surface area contributed by atoms with Crippen molar-refractivity contribution in [2.24, 2.45) is 0 Å². The molecule has 2 aliphatic rings. The second kappa shape index (κ2) is 6.58. The Labute approximate surface area is 135 Å². The van der Waals surface area contributed by atoms with E-state index in [1.54, 1.807) is 0 Å². The molecule has 1 unspecified atom stereocenters. The number of carboxylic acid groups (broad SMARTS) is 1. The lowest BCUT2D eigenvalue weighted by atomic mass is 9.85. The van der Waals surface area contributed by atoms with Gasteiger partial charge in [0.2, 0.25) is 0 Å². The molecule has 1 aliphatic heterocycles. The molecule has 124 valence electrons. The molecule has 0 saturated heterocycles. The van der Waals surface area contributed by atoms with Crippen molar-refractivity contribution in [1.82, 2.24) is 10.2 Å². The molecular weight excluding hydrogens is 296 g/mol. The van der Waals surface area contributed by atoms with Crippen LogP contribution in [0.3, 0.4) is 0 Å². The summed E-state index contributed by atoms with van der Waals surface area (Å²) in [5.41, 5.74) is 1.07. The summed E-state index contributed by atoms with van der Waals surface area (Å²) in [5, 5.41) is 11.9. The number of likely N-dealkylation sites (N-methyl/N-ethyl adjacent to an activating group) is 1. The number of aliphatic carboxylic acids is 1. The SMILES string of the molecule is CCN(CC(=O)O)C1CC(NC(=O)C2Cc3ccccc3O2)C1. The molecule has 1 heterocycles. The minimum absolute atomic E-state index is 0.0584. The van der Waals surface area contributed by atoms with Crippen LogP contribution >= 0.6 is 0 Å². The van der Waals surface area contributed by atoms with Crippen LogP contribution in [0.25, 0.3) is 0 Å². The van der Waals surface area contributed by atoms with Crippen molar-refractivity contribution in [3.05, 3.63) is 29.8 Å². The monoisotopic (exact) mass is 318 g/mol. The molecule has 0 bridgehead atoms. The van der Waals surface area contributed by atoms with Crippen LogP contribution in [0.5, 0.6) is 5.75 Å². The van der Waals surface area contributed by atoms with Gasteiger partial charge in [0.25, 0.3) is 5.91 Å². The van der Waals surface area contributed by atoms with E-state index < -0.39 is 12.1 Å². The highest BCUT2D eigenvalue weighted by Crippen LogP contribution is 2.29. The highest BCUT2D eigenvalue weighted by atomic mass is 16.5. The average molecular weight is 318 g/mol. The summed E-state index contributed by atoms with van der Waals surface area (Å²) in [7, 11) is 0. The molecule has 2 N–H and O–H groups in total. The number of benzene rings is 1. The van der Waals surface area contributed by atoms with Gasteiger partial charge in [-0.1, -0.05) is 25.1 Å². The highest BCUT2D eigenvalue weighted by molar-refractivity contribution is 5.82. The van der Waals surface area contributed by atoms with Gasteiger partial charge in [0.15, 0.2) is 6.10 Å². The number of nitrogens with zero attached hydrogens (tertiary/aromatic N) is 1. The highest BCUT2D eigenvalue weighted by Gasteiger charge is 2.37. The molecule has 23 heavy (non-hydrogen) atoms. The summed E-state index contributed by atoms with van der Waals surface area (Å²) in [6.45, 7) is 2.72. The Morgan fingerprint density at radius 3 is 2.74 bits per heavy atom. The number of nitrogens with one attached hydrogen (secondary N) is 1. The van der Waals surface area contributed by atoms with Gasteiger partial charge in [-0.3, -0.25) is 14.5 Å². The summed E-state index contributed by atoms with van der Waals surface area (Å²) < 4.78 is 5.69. The Morgan fingerprint density at radius 2 is 2.09 bits per heavy atom. The van der Waals surface area contributed by atoms with Crippen molar-refractivity contribution in [3.8, 4) is 5.75 Å². The minimum atomic E-state index is -0.809. The van der Waals surface area contributed by atoms with E-state index >= 15 is 0 Å². The quantitative estimate of drug-likeness (QED) is 0.819. The van der Waals surface area contributed by atoms with Crippen LogP contribution in [0, 0.1) is 0 Å². The van der Waals surface area contributed by atoms with Gasteiger partial charge in [-0.05, 0) is 31.0 Å². The second-order valence-corrected chi connectivity index (χ2v) is 6.21. The maximum atomic E-state index is 12.3. The Balaban J connectivity index is 1.45. The Bertz CT molecular complexity index is 573. The van der Waals surface area contributed by atoms with Gasteiger partial charge in [-0.25, -0.2) is 0 Å². The zero-order valence-electron chi connectivity index (χ0n) is 13.2. The number of rotatable bonds is 6. The van der Waals surface area contributed by atoms with Crippen LogP contribution in [0.1, 0.15) is 25.3 Å². The molecule has 1 aliphatic carbocycles. The smallest absolute Gasteiger partial charge is 0.317 e. The molecule has 6 heteroatoms. The third-order valence-electron chi connectivity index (χ3n) is 4.66. The van der Waals surface area contributed by atoms with Crippen molar-refractivity contribution >= 4 is 11.9 Å². The summed E-state index contributed by atoms with van der Waals surface area (Å²) in [6.07, 6.45) is 1.75. The topological polar surface area (TPSA) is 78.9 Å². The molecule has 1 saturated carbocycles. The fourth-order valence-electron chi connectivity index (χ4n) is 3.30. The fraction of sp³-hybridized carbons (Fsp3) is 0.529. The van der Waals surface area contributed by atoms with Crippen LogP contribution in [0.4, 0.5) is 0 Å². The van der Waals surface area contributed by atoms with E-state index in [1.165, 1.54) is 0 Å². The van der Waals surface area contributed by atoms with E-state index in [2.05, 4.69) is 5.32 Å². The number of ether oxygens (including phenoxy) is 1. The predicted molar refractivity (Wildman–Crippen MR) is 84.4 cm³/mol. The molecule has 1 aromatic carbocycles. The molecule has 0 radical (unpaired) electrons. The van der Waals surface area contributed by atoms with Crippen molar-refractivity contribution in [3.63, 3.8) is 0 Å². The van der Waals surface area contributed by atoms with E-state index in [-0.39, 0.29) is 24.5 Å². The molecule has 1 fully saturated rings. The van der Waals surface area contributed by atoms with Crippen molar-refractivity contribution in [2.75, 3.05) is 13.1 Å². The Hall–Kier alpha value is -2.08. The molecule has 1 atom stereocenters. The zero-order chi connectivity index (χ0) is 16.4. The molecular formula is C17H22N2O4. The fourth-order valence-corrected chi connectivity index (χ4v) is 3.30. The van der Waals surface area contributed by atoms with Crippen LogP contribution < -0.4 is 10.1 Å². The number of carbonyl (C=O) groups excluding carboxylic acids is 1. The van der Waals surface area contributed by atoms with Crippen molar-refractivity contribution in [2.45, 2.75) is 44.4 Å². The lowest BCUT2D eigenvalue weighted by molar-refractivity contribution is -0.140. The van der Waals surface area contributed by atoms with Gasteiger partial charge in [0, 0.05) is 18.5 Å². The van der Waals surface area contributed by atoms with Crippen LogP contribution in [0.2, 0.25) is 0 Å². The summed E-state index contributed by atoms with van der Waals surface area (Å²) in [4.78, 5) is 25.1. The number of para-hydroxylation sites is 1. The van der Waals surface area contributed by atoms with Gasteiger partial charge < -0.3 is 15.2 Å². The zero-order valence-corrected chi connectivity index (χ0v) is 13.2. The molecule has 0 spiro atoms. The predicted octanol–water partition coefficient (Wildman–Crippen LogP) is 1.04. The third-order valence-corrected chi connectivity index (χ3v) is 4.66. The van der Waals surface area contributed by atoms with E-state index in [0.29, 0.717) is 13.0 Å². The number of fused-ring (bicyclic) bond motifs is 1. The summed E-state index contributed by atoms with van der Waals surface area (Å²) in [6, 6.07) is 8.06. The first-order valence-electron chi connectivity index (χ1n) is 8.07. The van der Waals surface area contributed by atoms with E-state index in [9.17, 15) is 9.59 Å². The number of hydrogen-bond acceptors (Lipinski definition) is 4. The van der Waals surface area contributed by atoms with Crippen molar-refractivity contribution in [1.29, 1.82) is 0 Å². The number of carbonyl (C=O) groups is 2. The standard InChI is InChI=1S/C17H22N2O4/c1-2-19(10-16(20)21)13-8-12(9-13)18-17(22)15-7-11-5-3-4-6-14(11)23-15/h3-6,12-13,15H,2,7-10H2,1H3,(H,18,22)(H,20,21). The normalized spacial score (nSPS) is 25.4. The van der Waals surface area contributed by atoms with Crippen LogP contribution in [-0.2, 0) is 16.0 Å². The minimum Gasteiger partial charge on any atom is -0.480 e. The Kier molecular flexibility index (Phi) is 4.52. The number of carboxylic acids is 1. The first kappa shape index (κ1) is 15.8. The lowest BCUT2D eigenvalue weighted by Gasteiger charge is -2.42. The van der Waals surface area contributed by atoms with E-state index in [4.69, 9.17) is 9.84 Å². The molecule has 1 amide bonds. The number of hydrogen-bond donors (Lipinski definition) is 2. The summed E-state index contributed by atoms with van der Waals surface area (Å²) >= 11 is 0.